The third-order valence-corrected chi connectivity index (χ3v) is 3.85. The van der Waals surface area contributed by atoms with Crippen LogP contribution in [0.15, 0.2) is 6.07 Å². The zero-order chi connectivity index (χ0) is 14.8. The maximum absolute atomic E-state index is 6.10. The van der Waals surface area contributed by atoms with Crippen molar-refractivity contribution in [2.45, 2.75) is 39.0 Å². The molecule has 0 aliphatic carbocycles. The first kappa shape index (κ1) is 15.5. The summed E-state index contributed by atoms with van der Waals surface area (Å²) in [5.41, 5.74) is -0.0909. The lowest BCUT2D eigenvalue weighted by Crippen LogP contribution is -2.35. The van der Waals surface area contributed by atoms with Crippen LogP contribution in [0.2, 0.25) is 5.15 Å². The molecule has 0 aromatic carbocycles. The second-order valence-corrected chi connectivity index (χ2v) is 7.19. The molecular weight excluding hydrogens is 272 g/mol. The van der Waals surface area contributed by atoms with Crippen molar-refractivity contribution >= 4 is 17.4 Å². The van der Waals surface area contributed by atoms with Gasteiger partial charge in [-0.2, -0.15) is 0 Å². The van der Waals surface area contributed by atoms with Crippen LogP contribution >= 0.6 is 11.6 Å². The van der Waals surface area contributed by atoms with E-state index in [2.05, 4.69) is 48.0 Å². The number of piperidine rings is 1. The van der Waals surface area contributed by atoms with E-state index in [0.717, 1.165) is 24.7 Å². The van der Waals surface area contributed by atoms with E-state index in [1.165, 1.54) is 19.4 Å². The molecule has 1 aromatic rings. The standard InChI is InChI=1S/C15H25ClN4/c1-15(2,3)14-18-12(16)8-13(19-14)17-9-11-6-5-7-20(4)10-11/h8,11H,5-7,9-10H2,1-4H3,(H,17,18,19). The minimum absolute atomic E-state index is 0.0909. The molecule has 1 N–H and O–H groups in total. The fraction of sp³-hybridized carbons (Fsp3) is 0.733. The van der Waals surface area contributed by atoms with Crippen LogP contribution in [0, 0.1) is 5.92 Å². The van der Waals surface area contributed by atoms with Crippen LogP contribution in [0.4, 0.5) is 5.82 Å². The van der Waals surface area contributed by atoms with Gasteiger partial charge in [0, 0.05) is 24.6 Å². The lowest BCUT2D eigenvalue weighted by atomic mass is 9.96. The molecule has 0 spiro atoms. The van der Waals surface area contributed by atoms with Gasteiger partial charge in [0.1, 0.15) is 16.8 Å². The van der Waals surface area contributed by atoms with Gasteiger partial charge < -0.3 is 10.2 Å². The van der Waals surface area contributed by atoms with Gasteiger partial charge in [-0.1, -0.05) is 32.4 Å². The zero-order valence-electron chi connectivity index (χ0n) is 12.9. The van der Waals surface area contributed by atoms with Crippen molar-refractivity contribution in [3.63, 3.8) is 0 Å². The van der Waals surface area contributed by atoms with Crippen molar-refractivity contribution < 1.29 is 0 Å². The topological polar surface area (TPSA) is 41.0 Å². The molecule has 0 bridgehead atoms. The average molecular weight is 297 g/mol. The fourth-order valence-electron chi connectivity index (χ4n) is 2.53. The minimum atomic E-state index is -0.0909. The van der Waals surface area contributed by atoms with E-state index < -0.39 is 0 Å². The number of nitrogens with one attached hydrogen (secondary N) is 1. The van der Waals surface area contributed by atoms with Gasteiger partial charge in [0.25, 0.3) is 0 Å². The van der Waals surface area contributed by atoms with Crippen molar-refractivity contribution in [1.29, 1.82) is 0 Å². The van der Waals surface area contributed by atoms with Gasteiger partial charge in [-0.15, -0.1) is 0 Å². The molecule has 112 valence electrons. The monoisotopic (exact) mass is 296 g/mol. The molecule has 1 aromatic heterocycles. The largest absolute Gasteiger partial charge is 0.370 e. The third-order valence-electron chi connectivity index (χ3n) is 3.66. The van der Waals surface area contributed by atoms with Crippen molar-refractivity contribution in [1.82, 2.24) is 14.9 Å². The molecule has 5 heteroatoms. The Morgan fingerprint density at radius 1 is 1.40 bits per heavy atom. The molecule has 1 atom stereocenters. The third kappa shape index (κ3) is 4.32. The Balaban J connectivity index is 2.00. The summed E-state index contributed by atoms with van der Waals surface area (Å²) in [6, 6.07) is 1.81. The van der Waals surface area contributed by atoms with E-state index in [0.29, 0.717) is 11.1 Å². The maximum Gasteiger partial charge on any atom is 0.137 e. The molecule has 20 heavy (non-hydrogen) atoms. The molecule has 0 saturated carbocycles. The summed E-state index contributed by atoms with van der Waals surface area (Å²) in [4.78, 5) is 11.3. The Labute approximate surface area is 126 Å². The summed E-state index contributed by atoms with van der Waals surface area (Å²) in [7, 11) is 2.19. The first-order chi connectivity index (χ1) is 9.34. The van der Waals surface area contributed by atoms with Gasteiger partial charge in [0.2, 0.25) is 0 Å². The molecule has 4 nitrogen and oxygen atoms in total. The van der Waals surface area contributed by atoms with Gasteiger partial charge in [0.05, 0.1) is 0 Å². The van der Waals surface area contributed by atoms with Gasteiger partial charge in [0.15, 0.2) is 0 Å². The summed E-state index contributed by atoms with van der Waals surface area (Å²) in [5.74, 6) is 2.30. The molecule has 1 aliphatic heterocycles. The quantitative estimate of drug-likeness (QED) is 0.870. The summed E-state index contributed by atoms with van der Waals surface area (Å²) >= 11 is 6.10. The predicted octanol–water partition coefficient (Wildman–Crippen LogP) is 3.18. The van der Waals surface area contributed by atoms with E-state index in [1.807, 2.05) is 6.07 Å². The fourth-order valence-corrected chi connectivity index (χ4v) is 2.72. The Hall–Kier alpha value is -0.870. The summed E-state index contributed by atoms with van der Waals surface area (Å²) in [6.45, 7) is 9.60. The molecule has 0 amide bonds. The zero-order valence-corrected chi connectivity index (χ0v) is 13.7. The number of likely N-dealkylation sites (tertiary alicyclic amines) is 1. The highest BCUT2D eigenvalue weighted by Crippen LogP contribution is 2.23. The average Bonchev–Trinajstić information content (AvgIpc) is 2.35. The first-order valence-electron chi connectivity index (χ1n) is 7.32. The number of hydrogen-bond acceptors (Lipinski definition) is 4. The van der Waals surface area contributed by atoms with Crippen molar-refractivity contribution in [2.24, 2.45) is 5.92 Å². The van der Waals surface area contributed by atoms with Gasteiger partial charge in [-0.3, -0.25) is 0 Å². The SMILES string of the molecule is CN1CCCC(CNc2cc(Cl)nc(C(C)(C)C)n2)C1. The first-order valence-corrected chi connectivity index (χ1v) is 7.70. The van der Waals surface area contributed by atoms with E-state index in [9.17, 15) is 0 Å². The lowest BCUT2D eigenvalue weighted by Gasteiger charge is -2.30. The lowest BCUT2D eigenvalue weighted by molar-refractivity contribution is 0.217. The normalized spacial score (nSPS) is 20.9. The number of aromatic nitrogens is 2. The second kappa shape index (κ2) is 6.27. The highest BCUT2D eigenvalue weighted by molar-refractivity contribution is 6.29. The predicted molar refractivity (Wildman–Crippen MR) is 84.5 cm³/mol. The number of halogens is 1. The van der Waals surface area contributed by atoms with Crippen LogP contribution in [0.25, 0.3) is 0 Å². The van der Waals surface area contributed by atoms with Crippen molar-refractivity contribution in [3.05, 3.63) is 17.0 Å². The smallest absolute Gasteiger partial charge is 0.137 e. The molecule has 1 fully saturated rings. The van der Waals surface area contributed by atoms with Crippen molar-refractivity contribution in [3.8, 4) is 0 Å². The molecule has 2 rings (SSSR count). The summed E-state index contributed by atoms with van der Waals surface area (Å²) in [5, 5.41) is 3.93. The van der Waals surface area contributed by atoms with Crippen LogP contribution in [0.1, 0.15) is 39.4 Å². The number of anilines is 1. The van der Waals surface area contributed by atoms with E-state index in [4.69, 9.17) is 11.6 Å². The molecule has 1 aliphatic rings. The van der Waals surface area contributed by atoms with Crippen LogP contribution < -0.4 is 5.32 Å². The van der Waals surface area contributed by atoms with E-state index in [-0.39, 0.29) is 5.41 Å². The molecular formula is C15H25ClN4. The van der Waals surface area contributed by atoms with E-state index >= 15 is 0 Å². The summed E-state index contributed by atoms with van der Waals surface area (Å²) < 4.78 is 0. The highest BCUT2D eigenvalue weighted by Gasteiger charge is 2.20. The number of nitrogens with zero attached hydrogens (tertiary/aromatic N) is 3. The Kier molecular flexibility index (Phi) is 4.86. The number of rotatable bonds is 3. The minimum Gasteiger partial charge on any atom is -0.370 e. The highest BCUT2D eigenvalue weighted by atomic mass is 35.5. The van der Waals surface area contributed by atoms with Gasteiger partial charge in [-0.25, -0.2) is 9.97 Å². The van der Waals surface area contributed by atoms with Gasteiger partial charge >= 0.3 is 0 Å². The molecule has 2 heterocycles. The second-order valence-electron chi connectivity index (χ2n) is 6.80. The molecule has 1 unspecified atom stereocenters. The Bertz CT molecular complexity index is 456. The molecule has 1 saturated heterocycles. The van der Waals surface area contributed by atoms with Gasteiger partial charge in [-0.05, 0) is 32.4 Å². The van der Waals surface area contributed by atoms with Crippen LogP contribution in [-0.4, -0.2) is 41.5 Å². The van der Waals surface area contributed by atoms with E-state index in [1.54, 1.807) is 0 Å². The number of hydrogen-bond donors (Lipinski definition) is 1. The maximum atomic E-state index is 6.10. The van der Waals surface area contributed by atoms with Crippen LogP contribution in [-0.2, 0) is 5.41 Å². The Morgan fingerprint density at radius 2 is 2.15 bits per heavy atom. The van der Waals surface area contributed by atoms with Crippen molar-refractivity contribution in [2.75, 3.05) is 32.0 Å². The summed E-state index contributed by atoms with van der Waals surface area (Å²) in [6.07, 6.45) is 2.56. The Morgan fingerprint density at radius 3 is 2.80 bits per heavy atom. The van der Waals surface area contributed by atoms with Crippen LogP contribution in [0.3, 0.4) is 0 Å². The van der Waals surface area contributed by atoms with Crippen LogP contribution in [0.5, 0.6) is 0 Å². The molecule has 0 radical (unpaired) electrons.